The van der Waals surface area contributed by atoms with E-state index in [9.17, 15) is 8.58 Å². The van der Waals surface area contributed by atoms with Crippen LogP contribution in [0.5, 0.6) is 0 Å². The van der Waals surface area contributed by atoms with Crippen molar-refractivity contribution in [1.29, 1.82) is 0 Å². The zero-order valence-corrected chi connectivity index (χ0v) is 12.0. The summed E-state index contributed by atoms with van der Waals surface area (Å²) < 4.78 is 38.3. The van der Waals surface area contributed by atoms with Gasteiger partial charge in [0.2, 0.25) is 0 Å². The van der Waals surface area contributed by atoms with Gasteiger partial charge in [0.1, 0.15) is 0 Å². The van der Waals surface area contributed by atoms with E-state index in [1.54, 1.807) is 6.07 Å². The molecule has 0 heterocycles. The van der Waals surface area contributed by atoms with E-state index in [0.29, 0.717) is 10.7 Å². The summed E-state index contributed by atoms with van der Waals surface area (Å²) in [5, 5.41) is 0. The van der Waals surface area contributed by atoms with Gasteiger partial charge in [0.05, 0.1) is 0 Å². The second-order valence-electron chi connectivity index (χ2n) is 1.77. The first-order valence-electron chi connectivity index (χ1n) is 2.73. The fraction of sp³-hybridized carbons (Fsp3) is 0. The minimum atomic E-state index is -1.60. The Morgan fingerprint density at radius 1 is 0.833 bits per heavy atom. The van der Waals surface area contributed by atoms with Gasteiger partial charge in [-0.05, 0) is 0 Å². The summed E-state index contributed by atoms with van der Waals surface area (Å²) >= 11 is -4.65. The van der Waals surface area contributed by atoms with Crippen LogP contribution in [0.4, 0.5) is 8.58 Å². The van der Waals surface area contributed by atoms with Gasteiger partial charge in [-0.2, -0.15) is 0 Å². The van der Waals surface area contributed by atoms with Crippen LogP contribution < -0.4 is 65.3 Å². The third kappa shape index (κ3) is 2.86. The molecule has 0 spiro atoms. The molecule has 0 aliphatic heterocycles. The third-order valence-corrected chi connectivity index (χ3v) is 6.00. The van der Waals surface area contributed by atoms with Crippen LogP contribution in [0.25, 0.3) is 0 Å². The van der Waals surface area contributed by atoms with Crippen molar-refractivity contribution in [2.24, 2.45) is 0 Å². The summed E-state index contributed by atoms with van der Waals surface area (Å²) in [5.41, 5.74) is 0. The SMILES string of the molecule is F[I-]c1ccc([I-]F)c([I-]F)c1. The molecule has 1 rings (SSSR count). The minimum absolute atomic E-state index is 0.430. The van der Waals surface area contributed by atoms with Crippen molar-refractivity contribution in [3.05, 3.63) is 28.9 Å². The molecule has 0 saturated heterocycles. The molecule has 0 nitrogen and oxygen atoms in total. The molecular weight excluding hydrogens is 510 g/mol. The van der Waals surface area contributed by atoms with Gasteiger partial charge in [-0.25, -0.2) is 0 Å². The Kier molecular flexibility index (Phi) is 5.48. The van der Waals surface area contributed by atoms with Gasteiger partial charge in [-0.1, -0.05) is 0 Å². The maximum absolute atomic E-state index is 12.3. The summed E-state index contributed by atoms with van der Waals surface area (Å²) in [4.78, 5) is 0. The normalized spacial score (nSPS) is 11.2. The molecule has 0 radical (unpaired) electrons. The van der Waals surface area contributed by atoms with Gasteiger partial charge >= 0.3 is 103 Å². The maximum atomic E-state index is 12.3. The summed E-state index contributed by atoms with van der Waals surface area (Å²) in [6.45, 7) is 0. The van der Waals surface area contributed by atoms with E-state index in [0.717, 1.165) is 0 Å². The average molecular weight is 513 g/mol. The molecule has 1 aromatic rings. The Hall–Kier alpha value is 1.20. The molecular formula is C6H3F3I3-3. The molecule has 0 fully saturated rings. The van der Waals surface area contributed by atoms with E-state index in [1.807, 2.05) is 0 Å². The summed E-state index contributed by atoms with van der Waals surface area (Å²) in [6, 6.07) is 4.57. The standard InChI is InChI=1S/C6H3F3I3/c7-10-4-1-2-5(11-8)6(3-4)12-9/h1-3H/q-3. The van der Waals surface area contributed by atoms with Crippen molar-refractivity contribution >= 4 is 0 Å². The predicted molar refractivity (Wildman–Crippen MR) is 25.9 cm³/mol. The Balaban J connectivity index is 3.02. The van der Waals surface area contributed by atoms with Crippen molar-refractivity contribution in [1.82, 2.24) is 0 Å². The third-order valence-electron chi connectivity index (χ3n) is 1.12. The molecule has 0 saturated carbocycles. The fourth-order valence-electron chi connectivity index (χ4n) is 0.628. The summed E-state index contributed by atoms with van der Waals surface area (Å²) in [6.07, 6.45) is 0. The second kappa shape index (κ2) is 5.83. The van der Waals surface area contributed by atoms with Gasteiger partial charge in [0.15, 0.2) is 0 Å². The van der Waals surface area contributed by atoms with Crippen molar-refractivity contribution in [2.75, 3.05) is 0 Å². The molecule has 12 heavy (non-hydrogen) atoms. The molecule has 0 unspecified atom stereocenters. The molecule has 0 amide bonds. The van der Waals surface area contributed by atoms with Crippen LogP contribution in [0.1, 0.15) is 0 Å². The first-order valence-corrected chi connectivity index (χ1v) is 8.42. The number of hydrogen-bond acceptors (Lipinski definition) is 0. The van der Waals surface area contributed by atoms with Crippen LogP contribution in [0, 0.1) is 10.7 Å². The van der Waals surface area contributed by atoms with E-state index in [2.05, 4.69) is 0 Å². The number of rotatable bonds is 3. The Labute approximate surface area is 101 Å². The van der Waals surface area contributed by atoms with Gasteiger partial charge < -0.3 is 0 Å². The van der Waals surface area contributed by atoms with Gasteiger partial charge in [-0.3, -0.25) is 0 Å². The number of benzene rings is 1. The van der Waals surface area contributed by atoms with Crippen LogP contribution in [0.2, 0.25) is 0 Å². The van der Waals surface area contributed by atoms with Crippen molar-refractivity contribution in [2.45, 2.75) is 0 Å². The fourth-order valence-corrected chi connectivity index (χ4v) is 4.50. The molecule has 1 aromatic carbocycles. The molecule has 0 aromatic heterocycles. The molecule has 0 aliphatic carbocycles. The zero-order chi connectivity index (χ0) is 8.97. The van der Waals surface area contributed by atoms with Gasteiger partial charge in [-0.15, -0.1) is 0 Å². The molecule has 0 bridgehead atoms. The first-order chi connectivity index (χ1) is 5.81. The number of hydrogen-bond donors (Lipinski definition) is 0. The van der Waals surface area contributed by atoms with E-state index < -0.39 is 65.3 Å². The summed E-state index contributed by atoms with van der Waals surface area (Å²) in [7, 11) is 0. The molecule has 72 valence electrons. The van der Waals surface area contributed by atoms with Crippen molar-refractivity contribution in [3.63, 3.8) is 0 Å². The van der Waals surface area contributed by atoms with Crippen molar-refractivity contribution in [3.8, 4) is 0 Å². The monoisotopic (exact) mass is 513 g/mol. The summed E-state index contributed by atoms with van der Waals surface area (Å²) in [5.74, 6) is 0. The molecule has 0 aliphatic rings. The molecule has 0 N–H and O–H groups in total. The molecule has 0 atom stereocenters. The first kappa shape index (κ1) is 11.3. The van der Waals surface area contributed by atoms with Crippen LogP contribution >= 0.6 is 0 Å². The van der Waals surface area contributed by atoms with Crippen LogP contribution in [0.15, 0.2) is 18.2 Å². The van der Waals surface area contributed by atoms with E-state index in [1.165, 1.54) is 12.1 Å². The van der Waals surface area contributed by atoms with Crippen LogP contribution in [0.3, 0.4) is 0 Å². The second-order valence-corrected chi connectivity index (χ2v) is 6.57. The van der Waals surface area contributed by atoms with Crippen LogP contribution in [-0.4, -0.2) is 0 Å². The van der Waals surface area contributed by atoms with Crippen molar-refractivity contribution < 1.29 is 73.9 Å². The Bertz CT molecular complexity index is 266. The predicted octanol–water partition coefficient (Wildman–Crippen LogP) is -6.88. The zero-order valence-electron chi connectivity index (χ0n) is 5.50. The average Bonchev–Trinajstić information content (AvgIpc) is 2.16. The topological polar surface area (TPSA) is 0 Å². The van der Waals surface area contributed by atoms with Crippen LogP contribution in [-0.2, 0) is 0 Å². The van der Waals surface area contributed by atoms with Gasteiger partial charge in [0, 0.05) is 0 Å². The Morgan fingerprint density at radius 3 is 2.00 bits per heavy atom. The van der Waals surface area contributed by atoms with E-state index in [-0.39, 0.29) is 0 Å². The van der Waals surface area contributed by atoms with Gasteiger partial charge in [0.25, 0.3) is 0 Å². The quantitative estimate of drug-likeness (QED) is 0.279. The van der Waals surface area contributed by atoms with E-state index >= 15 is 0 Å². The molecule has 6 heteroatoms. The Morgan fingerprint density at radius 2 is 1.50 bits per heavy atom. The van der Waals surface area contributed by atoms with E-state index in [4.69, 9.17) is 0 Å². The number of halogens is 6.